The summed E-state index contributed by atoms with van der Waals surface area (Å²) in [5.74, 6) is 1.16. The number of hydrogen-bond acceptors (Lipinski definition) is 2. The lowest BCUT2D eigenvalue weighted by molar-refractivity contribution is 0.409. The van der Waals surface area contributed by atoms with Crippen LogP contribution in [-0.4, -0.2) is 18.6 Å². The molecule has 1 unspecified atom stereocenters. The molecule has 0 saturated carbocycles. The Morgan fingerprint density at radius 3 is 2.52 bits per heavy atom. The number of rotatable bonds is 5. The molecule has 4 rings (SSSR count). The molecule has 25 heavy (non-hydrogen) atoms. The number of nitrogens with one attached hydrogen (secondary N) is 1. The second-order valence-corrected chi connectivity index (χ2v) is 6.39. The van der Waals surface area contributed by atoms with Crippen molar-refractivity contribution in [2.24, 2.45) is 5.73 Å². The molecule has 0 aliphatic carbocycles. The number of aromatic amines is 1. The van der Waals surface area contributed by atoms with Gasteiger partial charge in [-0.05, 0) is 41.4 Å². The number of para-hydroxylation sites is 1. The largest absolute Gasteiger partial charge is 0.496 e. The van der Waals surface area contributed by atoms with Gasteiger partial charge in [0.15, 0.2) is 0 Å². The summed E-state index contributed by atoms with van der Waals surface area (Å²) in [5, 5.41) is 3.71. The minimum absolute atomic E-state index is 0.232. The number of H-pyrrole nitrogens is 1. The lowest BCUT2D eigenvalue weighted by Gasteiger charge is -2.18. The molecule has 0 radical (unpaired) electrons. The predicted molar refractivity (Wildman–Crippen MR) is 104 cm³/mol. The maximum Gasteiger partial charge on any atom is 0.122 e. The van der Waals surface area contributed by atoms with Gasteiger partial charge in [-0.15, -0.1) is 0 Å². The Hall–Kier alpha value is -2.78. The normalized spacial score (nSPS) is 12.6. The van der Waals surface area contributed by atoms with Crippen molar-refractivity contribution in [2.75, 3.05) is 13.7 Å². The number of nitrogens with two attached hydrogens (primary N) is 1. The summed E-state index contributed by atoms with van der Waals surface area (Å²) in [6.45, 7) is 0.591. The lowest BCUT2D eigenvalue weighted by atomic mass is 9.89. The van der Waals surface area contributed by atoms with Crippen molar-refractivity contribution in [2.45, 2.75) is 12.3 Å². The average Bonchev–Trinajstić information content (AvgIpc) is 3.10. The van der Waals surface area contributed by atoms with Gasteiger partial charge in [-0.25, -0.2) is 0 Å². The summed E-state index contributed by atoms with van der Waals surface area (Å²) < 4.78 is 5.66. The molecule has 0 bridgehead atoms. The van der Waals surface area contributed by atoms with Gasteiger partial charge in [-0.2, -0.15) is 0 Å². The van der Waals surface area contributed by atoms with Crippen LogP contribution in [0.25, 0.3) is 21.7 Å². The van der Waals surface area contributed by atoms with Gasteiger partial charge in [-0.3, -0.25) is 0 Å². The highest BCUT2D eigenvalue weighted by Gasteiger charge is 2.18. The lowest BCUT2D eigenvalue weighted by Crippen LogP contribution is -2.15. The zero-order chi connectivity index (χ0) is 17.2. The van der Waals surface area contributed by atoms with Crippen molar-refractivity contribution in [3.63, 3.8) is 0 Å². The molecule has 0 aliphatic heterocycles. The Morgan fingerprint density at radius 2 is 1.72 bits per heavy atom. The van der Waals surface area contributed by atoms with Crippen LogP contribution in [0.5, 0.6) is 5.75 Å². The van der Waals surface area contributed by atoms with E-state index in [1.807, 2.05) is 6.07 Å². The van der Waals surface area contributed by atoms with E-state index in [2.05, 4.69) is 65.8 Å². The molecule has 4 aromatic rings. The first-order valence-electron chi connectivity index (χ1n) is 8.62. The number of aromatic nitrogens is 1. The third-order valence-electron chi connectivity index (χ3n) is 5.01. The van der Waals surface area contributed by atoms with Gasteiger partial charge >= 0.3 is 0 Å². The molecule has 3 aromatic carbocycles. The van der Waals surface area contributed by atoms with Crippen molar-refractivity contribution in [3.05, 3.63) is 78.0 Å². The average molecular weight is 330 g/mol. The number of ether oxygens (including phenoxy) is 1. The highest BCUT2D eigenvalue weighted by atomic mass is 16.5. The van der Waals surface area contributed by atoms with E-state index >= 15 is 0 Å². The van der Waals surface area contributed by atoms with E-state index < -0.39 is 0 Å². The molecule has 126 valence electrons. The Labute approximate surface area is 147 Å². The zero-order valence-corrected chi connectivity index (χ0v) is 14.3. The second-order valence-electron chi connectivity index (χ2n) is 6.39. The van der Waals surface area contributed by atoms with Crippen molar-refractivity contribution >= 4 is 21.7 Å². The van der Waals surface area contributed by atoms with E-state index in [4.69, 9.17) is 10.5 Å². The summed E-state index contributed by atoms with van der Waals surface area (Å²) in [5.41, 5.74) is 9.83. The van der Waals surface area contributed by atoms with Crippen molar-refractivity contribution < 1.29 is 4.74 Å². The Balaban J connectivity index is 1.81. The third-order valence-corrected chi connectivity index (χ3v) is 5.01. The van der Waals surface area contributed by atoms with E-state index in [1.165, 1.54) is 27.3 Å². The van der Waals surface area contributed by atoms with Gasteiger partial charge in [0.1, 0.15) is 5.75 Å². The molecule has 0 fully saturated rings. The Morgan fingerprint density at radius 1 is 0.960 bits per heavy atom. The molecular formula is C22H22N2O. The molecule has 0 spiro atoms. The Kier molecular flexibility index (Phi) is 4.16. The maximum absolute atomic E-state index is 6.18. The van der Waals surface area contributed by atoms with Crippen molar-refractivity contribution in [1.29, 1.82) is 0 Å². The number of methoxy groups -OCH3 is 1. The fourth-order valence-electron chi connectivity index (χ4n) is 3.72. The van der Waals surface area contributed by atoms with Gasteiger partial charge in [0, 0.05) is 28.6 Å². The van der Waals surface area contributed by atoms with Crippen molar-refractivity contribution in [3.8, 4) is 5.75 Å². The topological polar surface area (TPSA) is 51.0 Å². The quantitative estimate of drug-likeness (QED) is 0.561. The molecule has 1 heterocycles. The molecule has 3 N–H and O–H groups in total. The molecule has 1 aromatic heterocycles. The van der Waals surface area contributed by atoms with Gasteiger partial charge < -0.3 is 15.5 Å². The van der Waals surface area contributed by atoms with E-state index in [0.29, 0.717) is 6.54 Å². The minimum Gasteiger partial charge on any atom is -0.496 e. The second kappa shape index (κ2) is 6.61. The van der Waals surface area contributed by atoms with Crippen molar-refractivity contribution in [1.82, 2.24) is 4.98 Å². The smallest absolute Gasteiger partial charge is 0.122 e. The molecule has 3 heteroatoms. The van der Waals surface area contributed by atoms with Crippen LogP contribution in [0.4, 0.5) is 0 Å². The van der Waals surface area contributed by atoms with E-state index in [1.54, 1.807) is 7.11 Å². The van der Waals surface area contributed by atoms with Gasteiger partial charge in [0.05, 0.1) is 7.11 Å². The fraction of sp³-hybridized carbons (Fsp3) is 0.182. The van der Waals surface area contributed by atoms with E-state index in [0.717, 1.165) is 17.7 Å². The predicted octanol–water partition coefficient (Wildman–Crippen LogP) is 4.61. The van der Waals surface area contributed by atoms with Crippen LogP contribution in [0.15, 0.2) is 66.9 Å². The van der Waals surface area contributed by atoms with Crippen LogP contribution in [0.1, 0.15) is 17.0 Å². The fourth-order valence-corrected chi connectivity index (χ4v) is 3.72. The summed E-state index contributed by atoms with van der Waals surface area (Å²) >= 11 is 0. The number of fused-ring (bicyclic) bond motifs is 2. The Bertz CT molecular complexity index is 1020. The summed E-state index contributed by atoms with van der Waals surface area (Å²) in [6.07, 6.45) is 2.95. The summed E-state index contributed by atoms with van der Waals surface area (Å²) in [6, 6.07) is 21.0. The molecule has 3 nitrogen and oxygen atoms in total. The number of hydrogen-bond donors (Lipinski definition) is 2. The molecule has 0 saturated heterocycles. The van der Waals surface area contributed by atoms with E-state index in [9.17, 15) is 0 Å². The highest BCUT2D eigenvalue weighted by Crippen LogP contribution is 2.34. The molecular weight excluding hydrogens is 308 g/mol. The first-order valence-corrected chi connectivity index (χ1v) is 8.62. The van der Waals surface area contributed by atoms with E-state index in [-0.39, 0.29) is 5.92 Å². The first kappa shape index (κ1) is 15.7. The monoisotopic (exact) mass is 330 g/mol. The standard InChI is InChI=1S/C22H22N2O/c1-25-22-11-10-15-6-2-3-7-17(15)19(22)12-16(13-23)20-14-24-21-9-5-4-8-18(20)21/h2-11,14,16,24H,12-13,23H2,1H3. The van der Waals surface area contributed by atoms with Crippen LogP contribution in [0.2, 0.25) is 0 Å². The molecule has 1 atom stereocenters. The van der Waals surface area contributed by atoms with Crippen LogP contribution in [0.3, 0.4) is 0 Å². The van der Waals surface area contributed by atoms with Gasteiger partial charge in [0.25, 0.3) is 0 Å². The van der Waals surface area contributed by atoms with Gasteiger partial charge in [-0.1, -0.05) is 48.5 Å². The number of benzene rings is 3. The minimum atomic E-state index is 0.232. The summed E-state index contributed by atoms with van der Waals surface area (Å²) in [7, 11) is 1.73. The first-order chi connectivity index (χ1) is 12.3. The maximum atomic E-state index is 6.18. The van der Waals surface area contributed by atoms with Crippen LogP contribution < -0.4 is 10.5 Å². The SMILES string of the molecule is COc1ccc2ccccc2c1CC(CN)c1c[nH]c2ccccc12. The molecule has 0 amide bonds. The third kappa shape index (κ3) is 2.77. The molecule has 0 aliphatic rings. The van der Waals surface area contributed by atoms with Crippen LogP contribution in [0, 0.1) is 0 Å². The van der Waals surface area contributed by atoms with Crippen LogP contribution >= 0.6 is 0 Å². The zero-order valence-electron chi connectivity index (χ0n) is 14.3. The summed E-state index contributed by atoms with van der Waals surface area (Å²) in [4.78, 5) is 3.37. The van der Waals surface area contributed by atoms with Crippen LogP contribution in [-0.2, 0) is 6.42 Å². The highest BCUT2D eigenvalue weighted by molar-refractivity contribution is 5.88. The van der Waals surface area contributed by atoms with Gasteiger partial charge in [0.2, 0.25) is 0 Å².